The first-order chi connectivity index (χ1) is 28.3. The van der Waals surface area contributed by atoms with Gasteiger partial charge in [0, 0.05) is 28.8 Å². The van der Waals surface area contributed by atoms with Crippen LogP contribution in [0, 0.1) is 5.82 Å². The van der Waals surface area contributed by atoms with Crippen LogP contribution in [0.3, 0.4) is 0 Å². The number of amides is 2. The summed E-state index contributed by atoms with van der Waals surface area (Å²) in [7, 11) is -3.91. The number of rotatable bonds is 14. The maximum Gasteiger partial charge on any atom is 0.350 e. The highest BCUT2D eigenvalue weighted by atomic mass is 35.5. The normalized spacial score (nSPS) is 19.1. The fraction of sp³-hybridized carbons (Fsp3) is 0.351. The van der Waals surface area contributed by atoms with Crippen LogP contribution in [0.25, 0.3) is 0 Å². The van der Waals surface area contributed by atoms with Crippen LogP contribution < -0.4 is 25.4 Å². The molecular formula is C37H39ClFN7O11S3. The fourth-order valence-corrected chi connectivity index (χ4v) is 9.74. The lowest BCUT2D eigenvalue weighted by atomic mass is 9.99. The van der Waals surface area contributed by atoms with Crippen LogP contribution in [0.15, 0.2) is 82.2 Å². The molecule has 3 aromatic rings. The Hall–Kier alpha value is -5.58. The maximum atomic E-state index is 13.1. The van der Waals surface area contributed by atoms with Gasteiger partial charge in [-0.15, -0.1) is 23.1 Å². The minimum absolute atomic E-state index is 0.0265. The summed E-state index contributed by atoms with van der Waals surface area (Å²) in [6.07, 6.45) is 6.72. The third-order valence-electron chi connectivity index (χ3n) is 8.99. The van der Waals surface area contributed by atoms with Gasteiger partial charge in [-0.25, -0.2) is 31.9 Å². The predicted octanol–water partition coefficient (Wildman–Crippen LogP) is 1.96. The van der Waals surface area contributed by atoms with Gasteiger partial charge in [-0.2, -0.15) is 0 Å². The molecule has 4 heterocycles. The Kier molecular flexibility index (Phi) is 14.6. The molecule has 3 atom stereocenters. The van der Waals surface area contributed by atoms with E-state index in [0.29, 0.717) is 30.6 Å². The van der Waals surface area contributed by atoms with Crippen molar-refractivity contribution >= 4 is 91.0 Å². The minimum atomic E-state index is -3.91. The van der Waals surface area contributed by atoms with Crippen molar-refractivity contribution in [2.24, 2.45) is 5.16 Å². The van der Waals surface area contributed by atoms with Crippen LogP contribution in [0.1, 0.15) is 45.7 Å². The quantitative estimate of drug-likeness (QED) is 0.0593. The molecule has 2 amide bonds. The third kappa shape index (κ3) is 10.6. The zero-order valence-electron chi connectivity index (χ0n) is 32.1. The molecule has 23 heteroatoms. The number of thiazole rings is 1. The lowest BCUT2D eigenvalue weighted by molar-refractivity contribution is -0.689. The Labute approximate surface area is 356 Å². The van der Waals surface area contributed by atoms with E-state index < -0.39 is 67.8 Å². The van der Waals surface area contributed by atoms with Gasteiger partial charge in [-0.3, -0.25) is 19.2 Å². The Bertz CT molecular complexity index is 2380. The number of nitrogens with zero attached hydrogens (tertiary/aromatic N) is 4. The number of ether oxygens (including phenoxy) is 1. The number of halogens is 2. The number of hydrogen-bond donors (Lipinski definition) is 4. The van der Waals surface area contributed by atoms with Crippen LogP contribution in [0.5, 0.6) is 0 Å². The molecule has 3 aliphatic rings. The van der Waals surface area contributed by atoms with E-state index in [0.717, 1.165) is 28.4 Å². The van der Waals surface area contributed by atoms with Crippen molar-refractivity contribution < 1.29 is 61.1 Å². The number of oxime groups is 1. The van der Waals surface area contributed by atoms with Crippen molar-refractivity contribution in [3.05, 3.63) is 93.6 Å². The molecule has 0 saturated carbocycles. The molecule has 1 fully saturated rings. The van der Waals surface area contributed by atoms with Crippen molar-refractivity contribution in [2.45, 2.75) is 68.8 Å². The molecule has 0 bridgehead atoms. The number of esters is 1. The first-order valence-corrected chi connectivity index (χ1v) is 21.9. The first-order valence-electron chi connectivity index (χ1n) is 18.0. The summed E-state index contributed by atoms with van der Waals surface area (Å²) in [6.45, 7) is 4.56. The summed E-state index contributed by atoms with van der Waals surface area (Å²) in [6, 6.07) is 7.73. The van der Waals surface area contributed by atoms with Gasteiger partial charge in [0.05, 0.1) is 34.6 Å². The number of aliphatic carboxylic acids is 2. The Balaban J connectivity index is 0.000000255. The molecule has 6 rings (SSSR count). The number of nitrogens with two attached hydrogens (primary N) is 1. The molecule has 60 heavy (non-hydrogen) atoms. The molecule has 320 valence electrons. The number of carbonyl (C=O) groups excluding carboxylic acids is 4. The van der Waals surface area contributed by atoms with E-state index in [2.05, 4.69) is 20.2 Å². The highest BCUT2D eigenvalue weighted by Gasteiger charge is 2.53. The number of sulfonamides is 1. The number of anilines is 2. The molecule has 1 aliphatic carbocycles. The van der Waals surface area contributed by atoms with E-state index in [-0.39, 0.29) is 51.7 Å². The van der Waals surface area contributed by atoms with Gasteiger partial charge in [0.1, 0.15) is 28.2 Å². The second-order valence-corrected chi connectivity index (χ2v) is 17.9. The van der Waals surface area contributed by atoms with E-state index in [4.69, 9.17) is 26.9 Å². The van der Waals surface area contributed by atoms with E-state index >= 15 is 0 Å². The van der Waals surface area contributed by atoms with E-state index in [9.17, 15) is 47.0 Å². The van der Waals surface area contributed by atoms with Crippen LogP contribution in [-0.2, 0) is 50.1 Å². The Morgan fingerprint density at radius 2 is 1.93 bits per heavy atom. The van der Waals surface area contributed by atoms with Gasteiger partial charge in [0.2, 0.25) is 15.6 Å². The summed E-state index contributed by atoms with van der Waals surface area (Å²) in [5.41, 5.74) is 4.03. The van der Waals surface area contributed by atoms with E-state index in [1.807, 2.05) is 6.07 Å². The number of nitrogen functional groups attached to an aromatic ring is 1. The Morgan fingerprint density at radius 1 is 1.22 bits per heavy atom. The highest BCUT2D eigenvalue weighted by Crippen LogP contribution is 2.40. The largest absolute Gasteiger partial charge is 0.543 e. The monoisotopic (exact) mass is 907 g/mol. The topological polar surface area (TPSA) is 264 Å². The number of allylic oxidation sites excluding steroid dienone is 1. The van der Waals surface area contributed by atoms with Crippen LogP contribution >= 0.6 is 34.7 Å². The van der Waals surface area contributed by atoms with Crippen molar-refractivity contribution in [1.82, 2.24) is 15.2 Å². The standard InChI is InChI=1S/C22H22N6O7S2.C15H17ClFNO4S/c1-22(2,20(33)34)35-26-13(12-10-37-21(23)24-12)16(29)25-14-17(30)28-15(19(31)32)11(9-36-18(14)28)8-27-6-4-3-5-7-27;1-2-22-15(19)11-5-3-4-6-14(11)23(20,21)18-13-8-7-10(17)9-12(13)16/h3-7,10,14,18H,8-9H2,1-2H3,(H4-,23,24,25,29,31,32,33,34);5,7-9,14,18H,2-4,6H2,1H3/b26-13-;/t14-,18-;/m1./s1. The number of carbonyl (C=O) groups is 5. The number of thioether (sulfide) groups is 1. The summed E-state index contributed by atoms with van der Waals surface area (Å²) in [5, 5.41) is 27.3. The number of β-lactam (4-membered cyclic amide) rings is 1. The van der Waals surface area contributed by atoms with Crippen molar-refractivity contribution in [1.29, 1.82) is 0 Å². The van der Waals surface area contributed by atoms with Crippen LogP contribution in [-0.4, -0.2) is 93.5 Å². The lowest BCUT2D eigenvalue weighted by Crippen LogP contribution is -2.71. The van der Waals surface area contributed by atoms with Crippen LogP contribution in [0.4, 0.5) is 15.2 Å². The average molecular weight is 908 g/mol. The molecule has 1 saturated heterocycles. The summed E-state index contributed by atoms with van der Waals surface area (Å²) in [5.74, 6) is -5.21. The number of aromatic nitrogens is 2. The number of pyridine rings is 1. The smallest absolute Gasteiger partial charge is 0.350 e. The van der Waals surface area contributed by atoms with Gasteiger partial charge in [-0.05, 0) is 58.2 Å². The van der Waals surface area contributed by atoms with Gasteiger partial charge >= 0.3 is 11.9 Å². The minimum Gasteiger partial charge on any atom is -0.543 e. The second-order valence-electron chi connectivity index (χ2n) is 13.6. The lowest BCUT2D eigenvalue weighted by Gasteiger charge is -2.50. The second kappa shape index (κ2) is 19.2. The molecule has 2 aromatic heterocycles. The van der Waals surface area contributed by atoms with Gasteiger partial charge in [0.25, 0.3) is 11.8 Å². The van der Waals surface area contributed by atoms with Gasteiger partial charge < -0.3 is 35.6 Å². The average Bonchev–Trinajstić information content (AvgIpc) is 3.63. The predicted molar refractivity (Wildman–Crippen MR) is 216 cm³/mol. The number of benzene rings is 1. The number of carboxylic acids is 2. The number of carboxylic acid groups (broad SMARTS) is 2. The van der Waals surface area contributed by atoms with E-state index in [1.165, 1.54) is 37.1 Å². The van der Waals surface area contributed by atoms with Crippen molar-refractivity contribution in [3.63, 3.8) is 0 Å². The zero-order chi connectivity index (χ0) is 43.9. The summed E-state index contributed by atoms with van der Waals surface area (Å²) in [4.78, 5) is 71.6. The molecule has 1 unspecified atom stereocenters. The van der Waals surface area contributed by atoms with Gasteiger partial charge in [-0.1, -0.05) is 28.9 Å². The molecule has 0 spiro atoms. The fourth-order valence-electron chi connectivity index (χ4n) is 5.96. The van der Waals surface area contributed by atoms with Crippen LogP contribution in [0.2, 0.25) is 5.02 Å². The first kappa shape index (κ1) is 45.5. The summed E-state index contributed by atoms with van der Waals surface area (Å²) < 4.78 is 47.3. The Morgan fingerprint density at radius 3 is 2.55 bits per heavy atom. The molecule has 0 radical (unpaired) electrons. The number of hydrogen-bond acceptors (Lipinski definition) is 15. The third-order valence-corrected chi connectivity index (χ3v) is 13.1. The molecule has 5 N–H and O–H groups in total. The van der Waals surface area contributed by atoms with E-state index in [1.54, 1.807) is 42.1 Å². The summed E-state index contributed by atoms with van der Waals surface area (Å²) >= 11 is 8.17. The van der Waals surface area contributed by atoms with Gasteiger partial charge in [0.15, 0.2) is 29.8 Å². The van der Waals surface area contributed by atoms with Crippen molar-refractivity contribution in [2.75, 3.05) is 22.8 Å². The number of fused-ring (bicyclic) bond motifs is 1. The van der Waals surface area contributed by atoms with Crippen molar-refractivity contribution in [3.8, 4) is 0 Å². The SMILES string of the molecule is CC(C)(O/N=C(\C(=O)N[C@@H]1C(=O)N2C(C(=O)[O-])=C(C[n+]3ccccc3)CS[C@H]12)c1csc(N)n1)C(=O)O.CCOC(=O)C1=CCCCC1S(=O)(=O)Nc1ccc(F)cc1Cl. The highest BCUT2D eigenvalue weighted by molar-refractivity contribution is 8.00. The molecule has 18 nitrogen and oxygen atoms in total. The molecule has 1 aromatic carbocycles. The zero-order valence-corrected chi connectivity index (χ0v) is 35.3. The molecular weight excluding hydrogens is 869 g/mol. The maximum absolute atomic E-state index is 13.1. The molecule has 2 aliphatic heterocycles. The number of nitrogens with one attached hydrogen (secondary N) is 2.